The zero-order valence-corrected chi connectivity index (χ0v) is 19.1. The number of amides is 1. The third-order valence-corrected chi connectivity index (χ3v) is 8.53. The molecule has 1 N–H and O–H groups in total. The lowest BCUT2D eigenvalue weighted by Gasteiger charge is -2.31. The molecule has 32 heavy (non-hydrogen) atoms. The number of rotatable bonds is 4. The van der Waals surface area contributed by atoms with Gasteiger partial charge in [0.15, 0.2) is 5.13 Å². The zero-order valence-electron chi connectivity index (χ0n) is 17.5. The summed E-state index contributed by atoms with van der Waals surface area (Å²) in [7, 11) is -1.67. The molecule has 3 aromatic carbocycles. The molecule has 2 heterocycles. The number of hydrogen-bond donors (Lipinski definition) is 1. The van der Waals surface area contributed by atoms with Gasteiger partial charge in [-0.05, 0) is 36.7 Å². The average Bonchev–Trinajstić information content (AvgIpc) is 3.22. The normalized spacial score (nSPS) is 15.9. The molecule has 9 heteroatoms. The van der Waals surface area contributed by atoms with Gasteiger partial charge in [0.05, 0.1) is 15.1 Å². The second-order valence-electron chi connectivity index (χ2n) is 7.84. The first-order valence-electron chi connectivity index (χ1n) is 10.3. The third kappa shape index (κ3) is 3.88. The molecule has 4 aromatic rings. The van der Waals surface area contributed by atoms with Crippen LogP contribution in [-0.2, 0) is 10.0 Å². The summed E-state index contributed by atoms with van der Waals surface area (Å²) in [4.78, 5) is 19.7. The van der Waals surface area contributed by atoms with Crippen LogP contribution in [0.25, 0.3) is 21.0 Å². The van der Waals surface area contributed by atoms with Gasteiger partial charge in [-0.25, -0.2) is 13.4 Å². The van der Waals surface area contributed by atoms with Crippen LogP contribution in [0, 0.1) is 0 Å². The van der Waals surface area contributed by atoms with Gasteiger partial charge in [-0.1, -0.05) is 47.7 Å². The van der Waals surface area contributed by atoms with Crippen LogP contribution in [0.4, 0.5) is 5.13 Å². The lowest BCUT2D eigenvalue weighted by atomic mass is 10.1. The number of anilines is 1. The molecule has 1 aliphatic heterocycles. The smallest absolute Gasteiger partial charge is 0.257 e. The van der Waals surface area contributed by atoms with Crippen molar-refractivity contribution in [3.63, 3.8) is 0 Å². The van der Waals surface area contributed by atoms with Crippen molar-refractivity contribution in [3.05, 3.63) is 66.2 Å². The highest BCUT2D eigenvalue weighted by Crippen LogP contribution is 2.32. The first kappa shape index (κ1) is 21.0. The van der Waals surface area contributed by atoms with E-state index in [4.69, 9.17) is 0 Å². The van der Waals surface area contributed by atoms with E-state index < -0.39 is 10.0 Å². The van der Waals surface area contributed by atoms with Gasteiger partial charge in [0.25, 0.3) is 5.91 Å². The number of carbonyl (C=O) groups excluding carboxylic acids is 1. The number of nitrogens with zero attached hydrogens (tertiary/aromatic N) is 3. The molecule has 0 atom stereocenters. The number of fused-ring (bicyclic) bond motifs is 3. The number of thiazole rings is 1. The predicted molar refractivity (Wildman–Crippen MR) is 128 cm³/mol. The quantitative estimate of drug-likeness (QED) is 0.497. The average molecular weight is 467 g/mol. The van der Waals surface area contributed by atoms with Crippen LogP contribution >= 0.6 is 11.3 Å². The minimum atomic E-state index is -3.65. The molecule has 0 bridgehead atoms. The standard InChI is InChI=1S/C23H22N4O3S2/c1-26-11-13-27(14-12-26)32(29,30)18-7-4-6-17(15-18)22(28)25-23-24-21-19-8-3-2-5-16(19)9-10-20(21)31-23/h2-10,15H,11-14H2,1H3,(H,24,25,28). The van der Waals surface area contributed by atoms with Gasteiger partial charge >= 0.3 is 0 Å². The Morgan fingerprint density at radius 3 is 2.59 bits per heavy atom. The number of aromatic nitrogens is 1. The van der Waals surface area contributed by atoms with Crippen LogP contribution in [0.2, 0.25) is 0 Å². The van der Waals surface area contributed by atoms with E-state index in [1.54, 1.807) is 12.1 Å². The van der Waals surface area contributed by atoms with E-state index in [-0.39, 0.29) is 16.4 Å². The highest BCUT2D eigenvalue weighted by Gasteiger charge is 2.28. The Morgan fingerprint density at radius 1 is 1.00 bits per heavy atom. The van der Waals surface area contributed by atoms with E-state index in [1.165, 1.54) is 27.8 Å². The molecule has 1 aromatic heterocycles. The summed E-state index contributed by atoms with van der Waals surface area (Å²) in [6.45, 7) is 2.25. The largest absolute Gasteiger partial charge is 0.304 e. The fraction of sp³-hybridized carbons (Fsp3) is 0.217. The second kappa shape index (κ2) is 8.25. The zero-order chi connectivity index (χ0) is 22.3. The number of benzene rings is 3. The number of piperazine rings is 1. The fourth-order valence-corrected chi connectivity index (χ4v) is 6.21. The van der Waals surface area contributed by atoms with Gasteiger partial charge < -0.3 is 4.90 Å². The van der Waals surface area contributed by atoms with Crippen molar-refractivity contribution in [1.82, 2.24) is 14.2 Å². The first-order valence-corrected chi connectivity index (χ1v) is 12.6. The van der Waals surface area contributed by atoms with Crippen molar-refractivity contribution in [2.75, 3.05) is 38.5 Å². The van der Waals surface area contributed by atoms with Crippen LogP contribution in [0.5, 0.6) is 0 Å². The van der Waals surface area contributed by atoms with Gasteiger partial charge in [0.1, 0.15) is 0 Å². The summed E-state index contributed by atoms with van der Waals surface area (Å²) in [5.74, 6) is -0.385. The monoisotopic (exact) mass is 466 g/mol. The van der Waals surface area contributed by atoms with Gasteiger partial charge in [-0.15, -0.1) is 0 Å². The van der Waals surface area contributed by atoms with Crippen LogP contribution in [0.3, 0.4) is 0 Å². The number of likely N-dealkylation sites (N-methyl/N-ethyl adjacent to an activating group) is 1. The van der Waals surface area contributed by atoms with Crippen molar-refractivity contribution in [2.45, 2.75) is 4.90 Å². The minimum Gasteiger partial charge on any atom is -0.304 e. The first-order chi connectivity index (χ1) is 15.4. The number of hydrogen-bond acceptors (Lipinski definition) is 6. The Balaban J connectivity index is 1.40. The van der Waals surface area contributed by atoms with E-state index in [1.807, 2.05) is 43.4 Å². The van der Waals surface area contributed by atoms with Crippen molar-refractivity contribution in [2.24, 2.45) is 0 Å². The van der Waals surface area contributed by atoms with Gasteiger partial charge in [-0.2, -0.15) is 4.31 Å². The summed E-state index contributed by atoms with van der Waals surface area (Å²) in [5, 5.41) is 5.43. The molecular weight excluding hydrogens is 444 g/mol. The maximum absolute atomic E-state index is 13.0. The van der Waals surface area contributed by atoms with Crippen molar-refractivity contribution < 1.29 is 13.2 Å². The molecule has 0 saturated carbocycles. The predicted octanol–water partition coefficient (Wildman–Crippen LogP) is 3.64. The fourth-order valence-electron chi connectivity index (χ4n) is 3.86. The van der Waals surface area contributed by atoms with Crippen LogP contribution in [0.15, 0.2) is 65.6 Å². The highest BCUT2D eigenvalue weighted by atomic mass is 32.2. The number of sulfonamides is 1. The maximum Gasteiger partial charge on any atom is 0.257 e. The molecule has 5 rings (SSSR count). The van der Waals surface area contributed by atoms with E-state index in [0.29, 0.717) is 31.3 Å². The van der Waals surface area contributed by atoms with Crippen molar-refractivity contribution >= 4 is 53.4 Å². The third-order valence-electron chi connectivity index (χ3n) is 5.70. The molecule has 0 unspecified atom stereocenters. The SMILES string of the molecule is CN1CCN(S(=O)(=O)c2cccc(C(=O)Nc3nc4c(ccc5ccccc54)s3)c2)CC1. The molecular formula is C23H22N4O3S2. The molecule has 1 saturated heterocycles. The van der Waals surface area contributed by atoms with E-state index >= 15 is 0 Å². The molecule has 0 aliphatic carbocycles. The van der Waals surface area contributed by atoms with Gasteiger partial charge in [0.2, 0.25) is 10.0 Å². The highest BCUT2D eigenvalue weighted by molar-refractivity contribution is 7.89. The van der Waals surface area contributed by atoms with Crippen molar-refractivity contribution in [3.8, 4) is 0 Å². The van der Waals surface area contributed by atoms with E-state index in [9.17, 15) is 13.2 Å². The van der Waals surface area contributed by atoms with Gasteiger partial charge in [0, 0.05) is 37.1 Å². The Kier molecular flexibility index (Phi) is 5.42. The Bertz CT molecular complexity index is 1420. The number of carbonyl (C=O) groups is 1. The van der Waals surface area contributed by atoms with Crippen LogP contribution in [0.1, 0.15) is 10.4 Å². The number of nitrogens with one attached hydrogen (secondary N) is 1. The van der Waals surface area contributed by atoms with Crippen molar-refractivity contribution in [1.29, 1.82) is 0 Å². The van der Waals surface area contributed by atoms with Crippen LogP contribution < -0.4 is 5.32 Å². The summed E-state index contributed by atoms with van der Waals surface area (Å²) in [6.07, 6.45) is 0. The van der Waals surface area contributed by atoms with E-state index in [2.05, 4.69) is 15.2 Å². The molecule has 1 fully saturated rings. The Morgan fingerprint density at radius 2 is 1.78 bits per heavy atom. The Labute approximate surface area is 190 Å². The summed E-state index contributed by atoms with van der Waals surface area (Å²) < 4.78 is 28.5. The topological polar surface area (TPSA) is 82.6 Å². The maximum atomic E-state index is 13.0. The minimum absolute atomic E-state index is 0.130. The molecule has 1 aliphatic rings. The lowest BCUT2D eigenvalue weighted by Crippen LogP contribution is -2.47. The lowest BCUT2D eigenvalue weighted by molar-refractivity contribution is 0.102. The summed E-state index contributed by atoms with van der Waals surface area (Å²) in [6, 6.07) is 18.2. The van der Waals surface area contributed by atoms with Gasteiger partial charge in [-0.3, -0.25) is 10.1 Å². The summed E-state index contributed by atoms with van der Waals surface area (Å²) >= 11 is 1.39. The molecule has 164 valence electrons. The van der Waals surface area contributed by atoms with E-state index in [0.717, 1.165) is 21.0 Å². The van der Waals surface area contributed by atoms with Crippen LogP contribution in [-0.4, -0.2) is 61.7 Å². The molecule has 7 nitrogen and oxygen atoms in total. The second-order valence-corrected chi connectivity index (χ2v) is 10.8. The Hall–Kier alpha value is -2.85. The summed E-state index contributed by atoms with van der Waals surface area (Å²) in [5.41, 5.74) is 1.12. The molecule has 0 spiro atoms. The molecule has 1 amide bonds. The molecule has 0 radical (unpaired) electrons.